The molecule has 5 unspecified atom stereocenters. The lowest BCUT2D eigenvalue weighted by molar-refractivity contribution is -0.176. The number of hydrogen-bond acceptors (Lipinski definition) is 14. The highest BCUT2D eigenvalue weighted by molar-refractivity contribution is 6.07. The number of pyridine rings is 2. The summed E-state index contributed by atoms with van der Waals surface area (Å²) in [6.07, 6.45) is 7.81. The van der Waals surface area contributed by atoms with Gasteiger partial charge in [-0.1, -0.05) is 0 Å². The number of ether oxygens (including phenoxy) is 3. The third-order valence-corrected chi connectivity index (χ3v) is 12.0. The number of aromatic nitrogens is 2. The van der Waals surface area contributed by atoms with Gasteiger partial charge in [0.15, 0.2) is 11.0 Å². The zero-order valence-corrected chi connectivity index (χ0v) is 32.2. The standard InChI is InChI=1S/C43H46N6O8/c1-22-13-31(51)38-32(54-22)18-33-37(39(38)52)28-8-7-26(5-4-12-50)43(41(53)55-40(28)42(2,3)56-33)34(57-43)9-6-23-14-29(48-35(44)15-23)25-16-27(47-36(45)17-25)20-49-19-24-10-11-46-30(24)21-49/h10-11,13-19,26,28,34,40,50,52H,4-9,12,20-21H2,1-3H3,(H2,44,48)(H2,45,47). The van der Waals surface area contributed by atoms with Gasteiger partial charge < -0.3 is 45.2 Å². The van der Waals surface area contributed by atoms with Crippen LogP contribution in [0.25, 0.3) is 22.2 Å². The number of benzene rings is 1. The molecule has 1 aromatic carbocycles. The Hall–Kier alpha value is -5.73. The van der Waals surface area contributed by atoms with E-state index in [0.717, 1.165) is 28.1 Å². The van der Waals surface area contributed by atoms with E-state index >= 15 is 0 Å². The number of aryl methyl sites for hydroxylation is 2. The Labute approximate surface area is 328 Å². The lowest BCUT2D eigenvalue weighted by Gasteiger charge is -2.46. The normalized spacial score (nSPS) is 25.5. The Morgan fingerprint density at radius 3 is 2.65 bits per heavy atom. The molecule has 0 amide bonds. The highest BCUT2D eigenvalue weighted by Gasteiger charge is 2.69. The lowest BCUT2D eigenvalue weighted by atomic mass is 9.72. The quantitative estimate of drug-likeness (QED) is 0.127. The van der Waals surface area contributed by atoms with Gasteiger partial charge in [-0.3, -0.25) is 9.79 Å². The number of nitrogen functional groups attached to an aromatic ring is 2. The number of carbonyl (C=O) groups is 1. The summed E-state index contributed by atoms with van der Waals surface area (Å²) in [4.78, 5) is 43.3. The number of hydrogen-bond donors (Lipinski definition) is 4. The monoisotopic (exact) mass is 774 g/mol. The molecule has 0 bridgehead atoms. The summed E-state index contributed by atoms with van der Waals surface area (Å²) in [6.45, 7) is 6.60. The molecule has 0 radical (unpaired) electrons. The van der Waals surface area contributed by atoms with E-state index in [1.54, 1.807) is 19.1 Å². The maximum absolute atomic E-state index is 14.5. The minimum atomic E-state index is -1.21. The second-order valence-corrected chi connectivity index (χ2v) is 16.4. The number of epoxide rings is 1. The van der Waals surface area contributed by atoms with Gasteiger partial charge in [-0.25, -0.2) is 14.8 Å². The van der Waals surface area contributed by atoms with E-state index in [9.17, 15) is 19.8 Å². The molecule has 0 saturated carbocycles. The van der Waals surface area contributed by atoms with Crippen molar-refractivity contribution in [2.24, 2.45) is 10.9 Å². The van der Waals surface area contributed by atoms with Crippen molar-refractivity contribution in [3.8, 4) is 22.8 Å². The number of rotatable bonds is 9. The van der Waals surface area contributed by atoms with Crippen molar-refractivity contribution in [1.82, 2.24) is 14.9 Å². The summed E-state index contributed by atoms with van der Waals surface area (Å²) in [7, 11) is 0. The maximum atomic E-state index is 14.5. The van der Waals surface area contributed by atoms with Crippen molar-refractivity contribution in [2.45, 2.75) is 95.2 Å². The minimum Gasteiger partial charge on any atom is -0.507 e. The Bertz CT molecular complexity index is 2470. The number of aliphatic imine (C=N–C) groups is 1. The molecule has 2 saturated heterocycles. The van der Waals surface area contributed by atoms with Crippen LogP contribution in [0.3, 0.4) is 0 Å². The van der Waals surface area contributed by atoms with Gasteiger partial charge in [-0.15, -0.1) is 0 Å². The zero-order chi connectivity index (χ0) is 39.8. The van der Waals surface area contributed by atoms with Gasteiger partial charge in [0.1, 0.15) is 51.6 Å². The predicted molar refractivity (Wildman–Crippen MR) is 213 cm³/mol. The molecule has 5 aliphatic rings. The molecular formula is C43H46N6O8. The summed E-state index contributed by atoms with van der Waals surface area (Å²) < 4.78 is 25.1. The molecule has 57 heavy (non-hydrogen) atoms. The van der Waals surface area contributed by atoms with Crippen LogP contribution in [0.1, 0.15) is 74.5 Å². The van der Waals surface area contributed by atoms with E-state index in [1.165, 1.54) is 6.07 Å². The number of aromatic hydroxyl groups is 1. The Morgan fingerprint density at radius 2 is 1.84 bits per heavy atom. The Kier molecular flexibility index (Phi) is 8.89. The Balaban J connectivity index is 0.957. The van der Waals surface area contributed by atoms with Crippen molar-refractivity contribution in [3.05, 3.63) is 93.3 Å². The molecule has 6 N–H and O–H groups in total. The average Bonchev–Trinajstić information content (AvgIpc) is 3.51. The van der Waals surface area contributed by atoms with Crippen LogP contribution in [-0.2, 0) is 27.2 Å². The fourth-order valence-corrected chi connectivity index (χ4v) is 9.45. The first-order chi connectivity index (χ1) is 27.3. The van der Waals surface area contributed by atoms with Crippen molar-refractivity contribution >= 4 is 34.3 Å². The molecule has 0 aliphatic carbocycles. The van der Waals surface area contributed by atoms with E-state index in [2.05, 4.69) is 26.1 Å². The third-order valence-electron chi connectivity index (χ3n) is 12.0. The average molecular weight is 775 g/mol. The number of anilines is 2. The van der Waals surface area contributed by atoms with Gasteiger partial charge in [0.25, 0.3) is 0 Å². The first kappa shape index (κ1) is 36.9. The van der Waals surface area contributed by atoms with E-state index < -0.39 is 35.3 Å². The number of nitrogens with zero attached hydrogens (tertiary/aromatic N) is 4. The van der Waals surface area contributed by atoms with Crippen LogP contribution in [0.4, 0.5) is 11.6 Å². The van der Waals surface area contributed by atoms with Crippen LogP contribution >= 0.6 is 0 Å². The SMILES string of the molecule is Cc1cc(=O)c2c(O)c3c(cc2o1)OC(C)(C)C1OC(=O)C2(OC2CCc2cc(N)nc(-c4cc(N)nc(CN5C=C6C=CN=C6C5)c4)c2)C(CCCO)CCC31. The van der Waals surface area contributed by atoms with Gasteiger partial charge in [0.05, 0.1) is 36.3 Å². The van der Waals surface area contributed by atoms with Crippen LogP contribution in [-0.4, -0.2) is 73.3 Å². The number of esters is 1. The third kappa shape index (κ3) is 6.50. The van der Waals surface area contributed by atoms with Crippen LogP contribution in [0.2, 0.25) is 0 Å². The molecule has 5 atom stereocenters. The van der Waals surface area contributed by atoms with Crippen molar-refractivity contribution in [2.75, 3.05) is 24.6 Å². The van der Waals surface area contributed by atoms with Crippen LogP contribution in [0.15, 0.2) is 74.7 Å². The highest BCUT2D eigenvalue weighted by atomic mass is 16.7. The second kappa shape index (κ2) is 13.7. The molecule has 2 fully saturated rings. The minimum absolute atomic E-state index is 0.0350. The summed E-state index contributed by atoms with van der Waals surface area (Å²) >= 11 is 0. The lowest BCUT2D eigenvalue weighted by Crippen LogP contribution is -2.54. The smallest absolute Gasteiger partial charge is 0.341 e. The number of phenols is 1. The molecule has 8 heterocycles. The van der Waals surface area contributed by atoms with Crippen molar-refractivity contribution < 1.29 is 33.6 Å². The first-order valence-corrected chi connectivity index (χ1v) is 19.5. The Morgan fingerprint density at radius 1 is 1.02 bits per heavy atom. The van der Waals surface area contributed by atoms with Crippen molar-refractivity contribution in [1.29, 1.82) is 0 Å². The number of fused-ring (bicyclic) bond motifs is 5. The predicted octanol–water partition coefficient (Wildman–Crippen LogP) is 5.22. The van der Waals surface area contributed by atoms with E-state index in [0.29, 0.717) is 86.0 Å². The van der Waals surface area contributed by atoms with E-state index in [-0.39, 0.29) is 34.7 Å². The molecule has 9 rings (SSSR count). The number of phenolic OH excluding ortho intramolecular Hbond substituents is 1. The molecule has 296 valence electrons. The summed E-state index contributed by atoms with van der Waals surface area (Å²) in [5, 5.41) is 21.5. The van der Waals surface area contributed by atoms with Gasteiger partial charge in [-0.2, -0.15) is 0 Å². The second-order valence-electron chi connectivity index (χ2n) is 16.4. The zero-order valence-electron chi connectivity index (χ0n) is 32.2. The summed E-state index contributed by atoms with van der Waals surface area (Å²) in [5.74, 6) is 0.0935. The van der Waals surface area contributed by atoms with Crippen LogP contribution < -0.4 is 21.6 Å². The molecule has 14 heteroatoms. The van der Waals surface area contributed by atoms with Crippen LogP contribution in [0, 0.1) is 12.8 Å². The largest absolute Gasteiger partial charge is 0.507 e. The van der Waals surface area contributed by atoms with E-state index in [1.807, 2.05) is 44.3 Å². The topological polar surface area (TPSA) is 212 Å². The molecule has 4 aromatic rings. The van der Waals surface area contributed by atoms with Gasteiger partial charge >= 0.3 is 5.97 Å². The number of allylic oxidation sites excluding steroid dienone is 1. The fourth-order valence-electron chi connectivity index (χ4n) is 9.45. The highest BCUT2D eigenvalue weighted by Crippen LogP contribution is 2.57. The summed E-state index contributed by atoms with van der Waals surface area (Å²) in [6, 6.07) is 10.6. The number of aliphatic hydroxyl groups is 1. The fraction of sp³-hybridized carbons (Fsp3) is 0.419. The molecule has 1 spiro atoms. The summed E-state index contributed by atoms with van der Waals surface area (Å²) in [5.41, 5.74) is 16.1. The number of aliphatic hydroxyl groups excluding tert-OH is 1. The van der Waals surface area contributed by atoms with Crippen LogP contribution in [0.5, 0.6) is 11.5 Å². The molecule has 5 aliphatic heterocycles. The molecular weight excluding hydrogens is 729 g/mol. The molecule has 14 nitrogen and oxygen atoms in total. The first-order valence-electron chi connectivity index (χ1n) is 19.5. The number of nitrogens with two attached hydrogens (primary N) is 2. The van der Waals surface area contributed by atoms with Crippen molar-refractivity contribution in [3.63, 3.8) is 0 Å². The maximum Gasteiger partial charge on any atom is 0.341 e. The van der Waals surface area contributed by atoms with Gasteiger partial charge in [0, 0.05) is 59.7 Å². The van der Waals surface area contributed by atoms with E-state index in [4.69, 9.17) is 30.1 Å². The molecule has 3 aromatic heterocycles. The number of carbonyl (C=O) groups excluding carboxylic acids is 1. The van der Waals surface area contributed by atoms with Gasteiger partial charge in [-0.05, 0) is 95.2 Å². The van der Waals surface area contributed by atoms with Gasteiger partial charge in [0.2, 0.25) is 0 Å².